The van der Waals surface area contributed by atoms with Crippen molar-refractivity contribution < 1.29 is 8.98 Å². The predicted molar refractivity (Wildman–Crippen MR) is 43.4 cm³/mol. The molecule has 0 aromatic carbocycles. The Morgan fingerprint density at radius 3 is 2.82 bits per heavy atom. The van der Waals surface area contributed by atoms with Gasteiger partial charge >= 0.3 is 5.97 Å². The molecule has 0 atom stereocenters. The van der Waals surface area contributed by atoms with Crippen molar-refractivity contribution in [1.82, 2.24) is 4.98 Å². The molecule has 1 aromatic heterocycles. The molecule has 0 aliphatic rings. The molecule has 4 heteroatoms. The lowest BCUT2D eigenvalue weighted by Gasteiger charge is -1.95. The highest BCUT2D eigenvalue weighted by molar-refractivity contribution is 7.75. The van der Waals surface area contributed by atoms with Gasteiger partial charge in [-0.15, -0.1) is 0 Å². The van der Waals surface area contributed by atoms with E-state index in [1.165, 1.54) is 6.20 Å². The number of hydrogen-bond acceptors (Lipinski definition) is 4. The van der Waals surface area contributed by atoms with Crippen LogP contribution in [0.3, 0.4) is 0 Å². The average molecular weight is 169 g/mol. The average Bonchev–Trinajstić information content (AvgIpc) is 2.05. The zero-order chi connectivity index (χ0) is 8.27. The maximum atomic E-state index is 10.8. The van der Waals surface area contributed by atoms with Crippen LogP contribution in [0.4, 0.5) is 0 Å². The third kappa shape index (κ3) is 1.94. The molecular weight excluding hydrogens is 162 g/mol. The fourth-order valence-corrected chi connectivity index (χ4v) is 0.747. The van der Waals surface area contributed by atoms with E-state index in [4.69, 9.17) is 0 Å². The van der Waals surface area contributed by atoms with Gasteiger partial charge in [-0.3, -0.25) is 4.98 Å². The van der Waals surface area contributed by atoms with Crippen molar-refractivity contribution in [1.29, 1.82) is 0 Å². The van der Waals surface area contributed by atoms with Gasteiger partial charge in [0.25, 0.3) is 0 Å². The van der Waals surface area contributed by atoms with Gasteiger partial charge in [0, 0.05) is 24.8 Å². The van der Waals surface area contributed by atoms with Gasteiger partial charge in [0.15, 0.2) is 0 Å². The summed E-state index contributed by atoms with van der Waals surface area (Å²) in [6.45, 7) is 1.84. The van der Waals surface area contributed by atoms with Crippen molar-refractivity contribution in [2.75, 3.05) is 0 Å². The van der Waals surface area contributed by atoms with Crippen LogP contribution in [0.5, 0.6) is 0 Å². The Labute approximate surface area is 70.0 Å². The van der Waals surface area contributed by atoms with Gasteiger partial charge in [-0.05, 0) is 19.1 Å². The number of aryl methyl sites for hydroxylation is 1. The molecule has 0 aliphatic heterocycles. The van der Waals surface area contributed by atoms with E-state index in [0.29, 0.717) is 5.56 Å². The summed E-state index contributed by atoms with van der Waals surface area (Å²) < 4.78 is 4.19. The van der Waals surface area contributed by atoms with Crippen LogP contribution in [0.2, 0.25) is 0 Å². The third-order valence-corrected chi connectivity index (χ3v) is 1.40. The Balaban J connectivity index is 2.90. The highest BCUT2D eigenvalue weighted by Gasteiger charge is 2.03. The smallest absolute Gasteiger partial charge is 0.351 e. The number of carbonyl (C=O) groups excluding carboxylic acids is 1. The molecule has 0 unspecified atom stereocenters. The Morgan fingerprint density at radius 2 is 2.36 bits per heavy atom. The first-order valence-corrected chi connectivity index (χ1v) is 3.39. The van der Waals surface area contributed by atoms with E-state index in [-0.39, 0.29) is 0 Å². The van der Waals surface area contributed by atoms with Crippen molar-refractivity contribution in [3.63, 3.8) is 0 Å². The largest absolute Gasteiger partial charge is 0.391 e. The molecule has 0 aliphatic carbocycles. The molecular formula is C7H7NO2S. The second kappa shape index (κ2) is 3.39. The van der Waals surface area contributed by atoms with Crippen molar-refractivity contribution in [3.8, 4) is 0 Å². The van der Waals surface area contributed by atoms with Crippen LogP contribution >= 0.6 is 12.9 Å². The Kier molecular flexibility index (Phi) is 2.48. The summed E-state index contributed by atoms with van der Waals surface area (Å²) in [4.78, 5) is 14.7. The van der Waals surface area contributed by atoms with Crippen molar-refractivity contribution in [3.05, 3.63) is 29.6 Å². The van der Waals surface area contributed by atoms with Crippen LogP contribution in [-0.4, -0.2) is 11.0 Å². The van der Waals surface area contributed by atoms with E-state index in [2.05, 4.69) is 22.1 Å². The summed E-state index contributed by atoms with van der Waals surface area (Å²) in [7, 11) is 0. The van der Waals surface area contributed by atoms with E-state index < -0.39 is 5.97 Å². The fourth-order valence-electron chi connectivity index (χ4n) is 0.641. The highest BCUT2D eigenvalue weighted by atomic mass is 32.1. The summed E-state index contributed by atoms with van der Waals surface area (Å²) in [6.07, 6.45) is 1.45. The zero-order valence-corrected chi connectivity index (χ0v) is 6.84. The lowest BCUT2D eigenvalue weighted by Crippen LogP contribution is -1.98. The molecule has 3 nitrogen and oxygen atoms in total. The van der Waals surface area contributed by atoms with Gasteiger partial charge in [-0.1, -0.05) is 0 Å². The lowest BCUT2D eigenvalue weighted by molar-refractivity contribution is 0.0772. The van der Waals surface area contributed by atoms with Gasteiger partial charge in [0.1, 0.15) is 0 Å². The Hall–Kier alpha value is -1.03. The topological polar surface area (TPSA) is 39.2 Å². The van der Waals surface area contributed by atoms with Crippen LogP contribution in [0, 0.1) is 6.92 Å². The van der Waals surface area contributed by atoms with E-state index in [0.717, 1.165) is 5.69 Å². The van der Waals surface area contributed by atoms with Gasteiger partial charge in [-0.25, -0.2) is 4.79 Å². The number of hydrogen-bond donors (Lipinski definition) is 1. The molecule has 0 radical (unpaired) electrons. The van der Waals surface area contributed by atoms with Crippen LogP contribution < -0.4 is 0 Å². The first-order chi connectivity index (χ1) is 5.24. The normalized spacial score (nSPS) is 9.27. The molecule has 0 saturated carbocycles. The first-order valence-electron chi connectivity index (χ1n) is 3.02. The van der Waals surface area contributed by atoms with E-state index in [9.17, 15) is 4.79 Å². The third-order valence-electron chi connectivity index (χ3n) is 1.23. The number of thiol groups is 1. The molecule has 1 rings (SSSR count). The maximum absolute atomic E-state index is 10.8. The van der Waals surface area contributed by atoms with E-state index in [1.54, 1.807) is 12.1 Å². The highest BCUT2D eigenvalue weighted by Crippen LogP contribution is 2.01. The molecule has 0 N–H and O–H groups in total. The summed E-state index contributed by atoms with van der Waals surface area (Å²) in [5.41, 5.74) is 1.27. The monoisotopic (exact) mass is 169 g/mol. The van der Waals surface area contributed by atoms with Gasteiger partial charge < -0.3 is 4.18 Å². The number of nitrogens with zero attached hydrogens (tertiary/aromatic N) is 1. The lowest BCUT2D eigenvalue weighted by atomic mass is 10.3. The quantitative estimate of drug-likeness (QED) is 0.510. The standard InChI is InChI=1S/C7H7NO2S/c1-5-2-3-6(4-8-5)7(9)10-11/h2-4,11H,1H3. The van der Waals surface area contributed by atoms with Crippen LogP contribution in [0.1, 0.15) is 16.1 Å². The van der Waals surface area contributed by atoms with Gasteiger partial charge in [0.2, 0.25) is 0 Å². The summed E-state index contributed by atoms with van der Waals surface area (Å²) in [5, 5.41) is 0. The molecule has 0 amide bonds. The molecule has 0 fully saturated rings. The van der Waals surface area contributed by atoms with E-state index >= 15 is 0 Å². The van der Waals surface area contributed by atoms with Crippen LogP contribution in [0.25, 0.3) is 0 Å². The molecule has 11 heavy (non-hydrogen) atoms. The summed E-state index contributed by atoms with van der Waals surface area (Å²) in [5.74, 6) is -0.485. The maximum Gasteiger partial charge on any atom is 0.351 e. The second-order valence-corrected chi connectivity index (χ2v) is 2.25. The SMILES string of the molecule is Cc1ccc(C(=O)OS)cn1. The number of carbonyl (C=O) groups is 1. The Bertz CT molecular complexity index is 258. The number of rotatable bonds is 1. The predicted octanol–water partition coefficient (Wildman–Crippen LogP) is 1.39. The van der Waals surface area contributed by atoms with Crippen molar-refractivity contribution in [2.45, 2.75) is 6.92 Å². The molecule has 1 heterocycles. The van der Waals surface area contributed by atoms with Gasteiger partial charge in [0.05, 0.1) is 5.56 Å². The molecule has 1 aromatic rings. The summed E-state index contributed by atoms with van der Waals surface area (Å²) >= 11 is 3.38. The minimum Gasteiger partial charge on any atom is -0.391 e. The first kappa shape index (κ1) is 8.07. The fraction of sp³-hybridized carbons (Fsp3) is 0.143. The second-order valence-electron chi connectivity index (χ2n) is 2.07. The minimum atomic E-state index is -0.485. The zero-order valence-electron chi connectivity index (χ0n) is 5.94. The number of pyridine rings is 1. The molecule has 0 saturated heterocycles. The summed E-state index contributed by atoms with van der Waals surface area (Å²) in [6, 6.07) is 3.38. The molecule has 0 bridgehead atoms. The van der Waals surface area contributed by atoms with Crippen molar-refractivity contribution >= 4 is 18.9 Å². The van der Waals surface area contributed by atoms with Crippen LogP contribution in [-0.2, 0) is 4.18 Å². The van der Waals surface area contributed by atoms with E-state index in [1.807, 2.05) is 6.92 Å². The molecule has 0 spiro atoms. The van der Waals surface area contributed by atoms with Crippen molar-refractivity contribution in [2.24, 2.45) is 0 Å². The van der Waals surface area contributed by atoms with Gasteiger partial charge in [-0.2, -0.15) is 0 Å². The molecule has 58 valence electrons. The number of aromatic nitrogens is 1. The Morgan fingerprint density at radius 1 is 1.64 bits per heavy atom. The van der Waals surface area contributed by atoms with Crippen LogP contribution in [0.15, 0.2) is 18.3 Å². The minimum absolute atomic E-state index is 0.408.